The molecule has 0 saturated carbocycles. The van der Waals surface area contributed by atoms with Crippen LogP contribution < -0.4 is 0 Å². The van der Waals surface area contributed by atoms with Gasteiger partial charge in [-0.05, 0) is 43.5 Å². The van der Waals surface area contributed by atoms with Crippen molar-refractivity contribution in [2.75, 3.05) is 19.7 Å². The van der Waals surface area contributed by atoms with E-state index < -0.39 is 0 Å². The number of rotatable bonds is 4. The van der Waals surface area contributed by atoms with Crippen LogP contribution in [0.2, 0.25) is 5.02 Å². The lowest BCUT2D eigenvalue weighted by molar-refractivity contribution is -0.150. The van der Waals surface area contributed by atoms with E-state index in [2.05, 4.69) is 0 Å². The predicted octanol–water partition coefficient (Wildman–Crippen LogP) is 3.15. The van der Waals surface area contributed by atoms with Gasteiger partial charge in [-0.3, -0.25) is 9.59 Å². The van der Waals surface area contributed by atoms with Crippen LogP contribution in [0.5, 0.6) is 0 Å². The van der Waals surface area contributed by atoms with Crippen molar-refractivity contribution in [2.45, 2.75) is 19.8 Å². The summed E-state index contributed by atoms with van der Waals surface area (Å²) in [6.07, 6.45) is 4.67. The molecule has 2 rings (SSSR count). The third-order valence-corrected chi connectivity index (χ3v) is 3.97. The lowest BCUT2D eigenvalue weighted by Gasteiger charge is -2.30. The zero-order valence-corrected chi connectivity index (χ0v) is 13.4. The normalized spacial score (nSPS) is 16.0. The van der Waals surface area contributed by atoms with Gasteiger partial charge in [0.05, 0.1) is 12.5 Å². The zero-order chi connectivity index (χ0) is 15.9. The molecule has 0 unspecified atom stereocenters. The van der Waals surface area contributed by atoms with E-state index in [4.69, 9.17) is 16.3 Å². The molecule has 0 N–H and O–H groups in total. The van der Waals surface area contributed by atoms with Crippen LogP contribution in [0.15, 0.2) is 30.3 Å². The molecule has 0 aromatic heterocycles. The van der Waals surface area contributed by atoms with Crippen LogP contribution >= 0.6 is 11.6 Å². The minimum Gasteiger partial charge on any atom is -0.466 e. The number of nitrogens with zero attached hydrogens (tertiary/aromatic N) is 1. The maximum absolute atomic E-state index is 12.1. The second-order valence-corrected chi connectivity index (χ2v) is 5.67. The molecule has 1 aliphatic heterocycles. The highest BCUT2D eigenvalue weighted by Crippen LogP contribution is 2.19. The van der Waals surface area contributed by atoms with Crippen LogP contribution in [0.4, 0.5) is 0 Å². The Morgan fingerprint density at radius 3 is 2.50 bits per heavy atom. The summed E-state index contributed by atoms with van der Waals surface area (Å²) >= 11 is 5.82. The van der Waals surface area contributed by atoms with E-state index >= 15 is 0 Å². The van der Waals surface area contributed by atoms with Gasteiger partial charge >= 0.3 is 5.97 Å². The van der Waals surface area contributed by atoms with Crippen molar-refractivity contribution in [3.05, 3.63) is 40.9 Å². The molecular formula is C17H20ClNO3. The molecule has 118 valence electrons. The molecular weight excluding hydrogens is 302 g/mol. The van der Waals surface area contributed by atoms with Crippen molar-refractivity contribution in [3.8, 4) is 0 Å². The van der Waals surface area contributed by atoms with Gasteiger partial charge in [0.25, 0.3) is 0 Å². The monoisotopic (exact) mass is 321 g/mol. The molecule has 1 aliphatic rings. The molecule has 0 spiro atoms. The maximum atomic E-state index is 12.1. The summed E-state index contributed by atoms with van der Waals surface area (Å²) in [6, 6.07) is 7.30. The highest BCUT2D eigenvalue weighted by Gasteiger charge is 2.27. The van der Waals surface area contributed by atoms with Gasteiger partial charge in [0.15, 0.2) is 0 Å². The fourth-order valence-corrected chi connectivity index (χ4v) is 2.57. The first-order valence-electron chi connectivity index (χ1n) is 7.49. The number of hydrogen-bond acceptors (Lipinski definition) is 3. The van der Waals surface area contributed by atoms with Crippen molar-refractivity contribution < 1.29 is 14.3 Å². The standard InChI is InChI=1S/C17H20ClNO3/c1-2-22-17(21)14-9-11-19(12-10-14)16(20)8-5-13-3-6-15(18)7-4-13/h3-8,14H,2,9-12H2,1H3. The Bertz CT molecular complexity index is 546. The zero-order valence-electron chi connectivity index (χ0n) is 12.6. The third kappa shape index (κ3) is 4.60. The highest BCUT2D eigenvalue weighted by molar-refractivity contribution is 6.30. The highest BCUT2D eigenvalue weighted by atomic mass is 35.5. The van der Waals surface area contributed by atoms with E-state index in [-0.39, 0.29) is 17.8 Å². The van der Waals surface area contributed by atoms with Crippen LogP contribution in [0, 0.1) is 5.92 Å². The molecule has 1 aromatic carbocycles. The van der Waals surface area contributed by atoms with E-state index in [9.17, 15) is 9.59 Å². The number of amides is 1. The van der Waals surface area contributed by atoms with Crippen molar-refractivity contribution in [2.24, 2.45) is 5.92 Å². The first-order valence-corrected chi connectivity index (χ1v) is 7.87. The van der Waals surface area contributed by atoms with E-state index in [1.807, 2.05) is 12.1 Å². The molecule has 1 saturated heterocycles. The molecule has 0 aliphatic carbocycles. The molecule has 0 atom stereocenters. The second kappa shape index (κ2) is 7.99. The Kier molecular flexibility index (Phi) is 6.01. The molecule has 4 nitrogen and oxygen atoms in total. The Morgan fingerprint density at radius 2 is 1.91 bits per heavy atom. The summed E-state index contributed by atoms with van der Waals surface area (Å²) < 4.78 is 5.02. The van der Waals surface area contributed by atoms with Crippen molar-refractivity contribution >= 4 is 29.6 Å². The van der Waals surface area contributed by atoms with Crippen molar-refractivity contribution in [3.63, 3.8) is 0 Å². The molecule has 1 aromatic rings. The number of hydrogen-bond donors (Lipinski definition) is 0. The Morgan fingerprint density at radius 1 is 1.27 bits per heavy atom. The van der Waals surface area contributed by atoms with Crippen molar-refractivity contribution in [1.82, 2.24) is 4.90 Å². The minimum absolute atomic E-state index is 0.0303. The summed E-state index contributed by atoms with van der Waals surface area (Å²) in [5, 5.41) is 0.671. The molecule has 22 heavy (non-hydrogen) atoms. The summed E-state index contributed by atoms with van der Waals surface area (Å²) in [5.74, 6) is -0.257. The average molecular weight is 322 g/mol. The Balaban J connectivity index is 1.84. The number of carbonyl (C=O) groups is 2. The Hall–Kier alpha value is -1.81. The number of esters is 1. The minimum atomic E-state index is -0.147. The molecule has 1 heterocycles. The van der Waals surface area contributed by atoms with E-state index in [1.54, 1.807) is 36.1 Å². The SMILES string of the molecule is CCOC(=O)C1CCN(C(=O)C=Cc2ccc(Cl)cc2)CC1. The van der Waals surface area contributed by atoms with E-state index in [0.29, 0.717) is 37.6 Å². The molecule has 0 radical (unpaired) electrons. The smallest absolute Gasteiger partial charge is 0.309 e. The molecule has 1 fully saturated rings. The number of benzene rings is 1. The summed E-state index contributed by atoms with van der Waals surface area (Å²) in [6.45, 7) is 3.39. The summed E-state index contributed by atoms with van der Waals surface area (Å²) in [4.78, 5) is 25.6. The quantitative estimate of drug-likeness (QED) is 0.632. The average Bonchev–Trinajstić information content (AvgIpc) is 2.54. The maximum Gasteiger partial charge on any atom is 0.309 e. The van der Waals surface area contributed by atoms with Gasteiger partial charge in [0.2, 0.25) is 5.91 Å². The number of likely N-dealkylation sites (tertiary alicyclic amines) is 1. The lowest BCUT2D eigenvalue weighted by Crippen LogP contribution is -2.39. The van der Waals surface area contributed by atoms with Crippen LogP contribution in [0.3, 0.4) is 0 Å². The van der Waals surface area contributed by atoms with Gasteiger partial charge in [0.1, 0.15) is 0 Å². The van der Waals surface area contributed by atoms with Crippen LogP contribution in [0.1, 0.15) is 25.3 Å². The first kappa shape index (κ1) is 16.6. The van der Waals surface area contributed by atoms with Crippen LogP contribution in [-0.4, -0.2) is 36.5 Å². The van der Waals surface area contributed by atoms with Crippen LogP contribution in [0.25, 0.3) is 6.08 Å². The molecule has 1 amide bonds. The fraction of sp³-hybridized carbons (Fsp3) is 0.412. The third-order valence-electron chi connectivity index (χ3n) is 3.71. The molecule has 5 heteroatoms. The first-order chi connectivity index (χ1) is 10.6. The van der Waals surface area contributed by atoms with E-state index in [0.717, 1.165) is 5.56 Å². The van der Waals surface area contributed by atoms with Gasteiger partial charge < -0.3 is 9.64 Å². The largest absolute Gasteiger partial charge is 0.466 e. The molecule has 0 bridgehead atoms. The topological polar surface area (TPSA) is 46.6 Å². The van der Waals surface area contributed by atoms with Gasteiger partial charge in [-0.2, -0.15) is 0 Å². The van der Waals surface area contributed by atoms with Gasteiger partial charge in [-0.1, -0.05) is 23.7 Å². The van der Waals surface area contributed by atoms with Crippen LogP contribution in [-0.2, 0) is 14.3 Å². The lowest BCUT2D eigenvalue weighted by atomic mass is 9.97. The second-order valence-electron chi connectivity index (χ2n) is 5.24. The van der Waals surface area contributed by atoms with Gasteiger partial charge in [-0.15, -0.1) is 0 Å². The Labute approximate surface area is 135 Å². The number of carbonyl (C=O) groups excluding carboxylic acids is 2. The van der Waals surface area contributed by atoms with Crippen molar-refractivity contribution in [1.29, 1.82) is 0 Å². The van der Waals surface area contributed by atoms with Gasteiger partial charge in [0, 0.05) is 24.2 Å². The van der Waals surface area contributed by atoms with E-state index in [1.165, 1.54) is 0 Å². The number of piperidine rings is 1. The van der Waals surface area contributed by atoms with Gasteiger partial charge in [-0.25, -0.2) is 0 Å². The number of halogens is 1. The predicted molar refractivity (Wildman–Crippen MR) is 86.4 cm³/mol. The number of ether oxygens (including phenoxy) is 1. The fourth-order valence-electron chi connectivity index (χ4n) is 2.44. The summed E-state index contributed by atoms with van der Waals surface area (Å²) in [7, 11) is 0. The summed E-state index contributed by atoms with van der Waals surface area (Å²) in [5.41, 5.74) is 0.930.